The molecule has 2 N–H and O–H groups in total. The maximum atomic E-state index is 13.2. The molecule has 27 heavy (non-hydrogen) atoms. The Balaban J connectivity index is 1.88. The number of hydrogen-bond donors (Lipinski definition) is 1. The Kier molecular flexibility index (Phi) is 4.69. The van der Waals surface area contributed by atoms with Crippen molar-refractivity contribution in [2.45, 2.75) is 12.7 Å². The number of aryl methyl sites for hydroxylation is 1. The summed E-state index contributed by atoms with van der Waals surface area (Å²) in [6.07, 6.45) is -4.57. The van der Waals surface area contributed by atoms with Crippen LogP contribution in [0.3, 0.4) is 0 Å². The molecule has 3 rings (SSSR count). The van der Waals surface area contributed by atoms with Gasteiger partial charge in [0.15, 0.2) is 5.69 Å². The lowest BCUT2D eigenvalue weighted by molar-refractivity contribution is -0.480. The zero-order chi connectivity index (χ0) is 19.8. The van der Waals surface area contributed by atoms with Crippen molar-refractivity contribution in [2.75, 3.05) is 5.73 Å². The maximum Gasteiger partial charge on any atom is 0.435 e. The van der Waals surface area contributed by atoms with Gasteiger partial charge in [0.1, 0.15) is 5.82 Å². The number of nitrogens with zero attached hydrogens (tertiary/aromatic N) is 3. The molecule has 0 spiro atoms. The molecule has 0 radical (unpaired) electrons. The molecule has 0 aliphatic heterocycles. The van der Waals surface area contributed by atoms with Gasteiger partial charge < -0.3 is 5.73 Å². The van der Waals surface area contributed by atoms with Crippen LogP contribution in [0.1, 0.15) is 11.3 Å². The van der Waals surface area contributed by atoms with Crippen LogP contribution in [0.5, 0.6) is 0 Å². The van der Waals surface area contributed by atoms with Gasteiger partial charge in [-0.3, -0.25) is 4.68 Å². The molecule has 3 aromatic rings. The Hall–Kier alpha value is -3.23. The molecule has 1 heterocycles. The van der Waals surface area contributed by atoms with Crippen molar-refractivity contribution in [3.05, 3.63) is 70.5 Å². The van der Waals surface area contributed by atoms with E-state index in [2.05, 4.69) is 5.10 Å². The monoisotopic (exact) mass is 379 g/mol. The van der Waals surface area contributed by atoms with Crippen LogP contribution in [0, 0.1) is 10.7 Å². The first-order valence-electron chi connectivity index (χ1n) is 7.85. The summed E-state index contributed by atoms with van der Waals surface area (Å²) in [4.78, 5) is 12.3. The molecule has 2 aromatic carbocycles. The Bertz CT molecular complexity index is 1010. The van der Waals surface area contributed by atoms with Crippen molar-refractivity contribution in [3.63, 3.8) is 0 Å². The first-order valence-corrected chi connectivity index (χ1v) is 7.85. The lowest BCUT2D eigenvalue weighted by atomic mass is 10.1. The molecule has 0 unspecified atom stereocenters. The van der Waals surface area contributed by atoms with Crippen LogP contribution in [-0.4, -0.2) is 14.5 Å². The van der Waals surface area contributed by atoms with E-state index in [0.717, 1.165) is 10.7 Å². The highest BCUT2D eigenvalue weighted by molar-refractivity contribution is 5.76. The van der Waals surface area contributed by atoms with Crippen LogP contribution in [-0.2, 0) is 19.8 Å². The number of aromatic nitrogens is 2. The molecule has 5 nitrogen and oxygen atoms in total. The first kappa shape index (κ1) is 18.6. The van der Waals surface area contributed by atoms with Crippen molar-refractivity contribution in [2.24, 2.45) is 7.05 Å². The van der Waals surface area contributed by atoms with E-state index in [-0.39, 0.29) is 23.6 Å². The van der Waals surface area contributed by atoms with E-state index in [9.17, 15) is 22.5 Å². The fourth-order valence-corrected chi connectivity index (χ4v) is 2.69. The van der Waals surface area contributed by atoms with Crippen LogP contribution in [0.2, 0.25) is 0 Å². The van der Waals surface area contributed by atoms with Gasteiger partial charge >= 0.3 is 6.18 Å². The standard InChI is InChI=1S/C18H15F4N4O/c1-25-16(9-17(24-25)18(20,21)22)14-6-5-13(8-15(14)23)26(27)10-11-3-2-4-12(19)7-11/h2-9H,10,23H2,1H3/q+1. The number of anilines is 1. The largest absolute Gasteiger partial charge is 0.435 e. The van der Waals surface area contributed by atoms with Crippen molar-refractivity contribution in [1.29, 1.82) is 0 Å². The Labute approximate surface area is 151 Å². The second-order valence-electron chi connectivity index (χ2n) is 5.97. The first-order chi connectivity index (χ1) is 12.6. The predicted molar refractivity (Wildman–Crippen MR) is 91.4 cm³/mol. The second-order valence-corrected chi connectivity index (χ2v) is 5.97. The summed E-state index contributed by atoms with van der Waals surface area (Å²) < 4.78 is 53.4. The Morgan fingerprint density at radius 1 is 1.15 bits per heavy atom. The molecular formula is C18H15F4N4O+. The zero-order valence-corrected chi connectivity index (χ0v) is 14.2. The summed E-state index contributed by atoms with van der Waals surface area (Å²) in [7, 11) is 1.38. The maximum absolute atomic E-state index is 13.2. The van der Waals surface area contributed by atoms with Crippen LogP contribution in [0.4, 0.5) is 28.9 Å². The highest BCUT2D eigenvalue weighted by Gasteiger charge is 2.35. The minimum atomic E-state index is -4.57. The van der Waals surface area contributed by atoms with Gasteiger partial charge in [0.05, 0.1) is 5.69 Å². The molecule has 0 amide bonds. The number of alkyl halides is 3. The third-order valence-electron chi connectivity index (χ3n) is 3.98. The molecule has 140 valence electrons. The molecule has 0 saturated heterocycles. The fourth-order valence-electron chi connectivity index (χ4n) is 2.69. The molecule has 0 bridgehead atoms. The average Bonchev–Trinajstić information content (AvgIpc) is 2.96. The number of rotatable bonds is 4. The third kappa shape index (κ3) is 3.97. The summed E-state index contributed by atoms with van der Waals surface area (Å²) in [5.74, 6) is -0.451. The fraction of sp³-hybridized carbons (Fsp3) is 0.167. The zero-order valence-electron chi connectivity index (χ0n) is 14.2. The average molecular weight is 379 g/mol. The summed E-state index contributed by atoms with van der Waals surface area (Å²) >= 11 is 0. The van der Waals surface area contributed by atoms with Gasteiger partial charge in [-0.1, -0.05) is 12.1 Å². The SMILES string of the molecule is Cn1nc(C(F)(F)F)cc1-c1ccc([N+](=O)Cc2cccc(F)c2)cc1N. The molecule has 0 aliphatic carbocycles. The van der Waals surface area contributed by atoms with Gasteiger partial charge in [-0.05, 0) is 24.3 Å². The van der Waals surface area contributed by atoms with Gasteiger partial charge in [0.2, 0.25) is 6.54 Å². The van der Waals surface area contributed by atoms with Gasteiger partial charge in [0.25, 0.3) is 5.69 Å². The second kappa shape index (κ2) is 6.82. The smallest absolute Gasteiger partial charge is 0.398 e. The van der Waals surface area contributed by atoms with Gasteiger partial charge in [0, 0.05) is 45.7 Å². The summed E-state index contributed by atoms with van der Waals surface area (Å²) in [6, 6.07) is 10.8. The van der Waals surface area contributed by atoms with Crippen LogP contribution < -0.4 is 5.73 Å². The molecule has 0 atom stereocenters. The lowest BCUT2D eigenvalue weighted by Gasteiger charge is -2.05. The molecule has 0 aliphatic rings. The van der Waals surface area contributed by atoms with E-state index < -0.39 is 17.7 Å². The normalized spacial score (nSPS) is 11.6. The predicted octanol–water partition coefficient (Wildman–Crippen LogP) is 4.44. The summed E-state index contributed by atoms with van der Waals surface area (Å²) in [5.41, 5.74) is 6.23. The Morgan fingerprint density at radius 2 is 1.89 bits per heavy atom. The van der Waals surface area contributed by atoms with E-state index >= 15 is 0 Å². The number of nitrogen functional groups attached to an aromatic ring is 1. The van der Waals surface area contributed by atoms with Crippen LogP contribution in [0.15, 0.2) is 48.5 Å². The van der Waals surface area contributed by atoms with E-state index in [4.69, 9.17) is 5.73 Å². The quantitative estimate of drug-likeness (QED) is 0.414. The Morgan fingerprint density at radius 3 is 2.48 bits per heavy atom. The topological polar surface area (TPSA) is 63.9 Å². The van der Waals surface area contributed by atoms with Gasteiger partial charge in [-0.2, -0.15) is 18.3 Å². The van der Waals surface area contributed by atoms with Crippen molar-refractivity contribution < 1.29 is 22.3 Å². The summed E-state index contributed by atoms with van der Waals surface area (Å²) in [5, 5.41) is 3.45. The lowest BCUT2D eigenvalue weighted by Crippen LogP contribution is -2.06. The molecule has 0 fully saturated rings. The van der Waals surface area contributed by atoms with Gasteiger partial charge in [-0.25, -0.2) is 4.39 Å². The number of halogens is 4. The molecular weight excluding hydrogens is 364 g/mol. The minimum absolute atomic E-state index is 0.0967. The van der Waals surface area contributed by atoms with E-state index in [1.54, 1.807) is 6.07 Å². The van der Waals surface area contributed by atoms with E-state index in [1.165, 1.54) is 43.4 Å². The molecule has 0 saturated carbocycles. The van der Waals surface area contributed by atoms with Crippen LogP contribution in [0.25, 0.3) is 11.3 Å². The van der Waals surface area contributed by atoms with Crippen molar-refractivity contribution >= 4 is 11.4 Å². The van der Waals surface area contributed by atoms with Gasteiger partial charge in [-0.15, -0.1) is 0 Å². The number of benzene rings is 2. The number of hydrogen-bond acceptors (Lipinski definition) is 3. The minimum Gasteiger partial charge on any atom is -0.398 e. The van der Waals surface area contributed by atoms with E-state index in [0.29, 0.717) is 15.9 Å². The molecule has 9 heteroatoms. The van der Waals surface area contributed by atoms with Crippen molar-refractivity contribution in [3.8, 4) is 11.3 Å². The van der Waals surface area contributed by atoms with Crippen LogP contribution >= 0.6 is 0 Å². The third-order valence-corrected chi connectivity index (χ3v) is 3.98. The highest BCUT2D eigenvalue weighted by atomic mass is 19.4. The molecule has 1 aromatic heterocycles. The number of nitrogens with two attached hydrogens (primary N) is 1. The van der Waals surface area contributed by atoms with E-state index in [1.807, 2.05) is 0 Å². The summed E-state index contributed by atoms with van der Waals surface area (Å²) in [6.45, 7) is -0.0967. The van der Waals surface area contributed by atoms with Crippen molar-refractivity contribution in [1.82, 2.24) is 9.78 Å². The highest BCUT2D eigenvalue weighted by Crippen LogP contribution is 2.34. The number of nitroso groups, excluding NO2 is 1.